The highest BCUT2D eigenvalue weighted by Gasteiger charge is 2.26. The van der Waals surface area contributed by atoms with Crippen molar-refractivity contribution in [3.05, 3.63) is 72.2 Å². The number of carbonyl (C=O) groups is 1. The van der Waals surface area contributed by atoms with Gasteiger partial charge in [-0.15, -0.1) is 0 Å². The summed E-state index contributed by atoms with van der Waals surface area (Å²) in [5, 5.41) is 0.418. The number of nitrogens with zero attached hydrogens (tertiary/aromatic N) is 2. The lowest BCUT2D eigenvalue weighted by atomic mass is 10.0. The van der Waals surface area contributed by atoms with E-state index in [1.807, 2.05) is 56.0 Å². The minimum Gasteiger partial charge on any atom is -0.431 e. The number of hydrogen-bond acceptors (Lipinski definition) is 4. The summed E-state index contributed by atoms with van der Waals surface area (Å²) in [5.74, 6) is 0.493. The molecule has 0 saturated heterocycles. The second-order valence-corrected chi connectivity index (χ2v) is 8.35. The Balaban J connectivity index is 1.65. The third kappa shape index (κ3) is 5.23. The van der Waals surface area contributed by atoms with Crippen molar-refractivity contribution in [3.8, 4) is 11.3 Å². The molecule has 4 nitrogen and oxygen atoms in total. The molecule has 0 radical (unpaired) electrons. The van der Waals surface area contributed by atoms with Gasteiger partial charge in [-0.2, -0.15) is 0 Å². The molecule has 1 heterocycles. The van der Waals surface area contributed by atoms with E-state index in [9.17, 15) is 9.18 Å². The summed E-state index contributed by atoms with van der Waals surface area (Å²) in [5.41, 5.74) is 1.53. The third-order valence-corrected chi connectivity index (χ3v) is 5.05. The van der Waals surface area contributed by atoms with E-state index in [2.05, 4.69) is 4.98 Å². The molecule has 0 fully saturated rings. The lowest BCUT2D eigenvalue weighted by molar-refractivity contribution is -0.133. The minimum absolute atomic E-state index is 0.0166. The molecule has 0 aliphatic carbocycles. The largest absolute Gasteiger partial charge is 0.431 e. The highest BCUT2D eigenvalue weighted by Crippen LogP contribution is 2.27. The van der Waals surface area contributed by atoms with Crippen LogP contribution in [0, 0.1) is 5.82 Å². The maximum absolute atomic E-state index is 13.1. The van der Waals surface area contributed by atoms with Crippen LogP contribution in [0.3, 0.4) is 0 Å². The number of thioether (sulfide) groups is 1. The molecule has 3 rings (SSSR count). The lowest BCUT2D eigenvalue weighted by Crippen LogP contribution is -2.45. The molecule has 0 saturated carbocycles. The van der Waals surface area contributed by atoms with E-state index >= 15 is 0 Å². The number of carbonyl (C=O) groups excluding carboxylic acids is 1. The standard InChI is InChI=1S/C22H23FN2O2S/c1-22(2,3)25(14-16-7-5-4-6-8-16)20(26)15-28-21-24-13-19(27-21)17-9-11-18(23)12-10-17/h4-13H,14-15H2,1-3H3. The summed E-state index contributed by atoms with van der Waals surface area (Å²) < 4.78 is 18.8. The van der Waals surface area contributed by atoms with E-state index in [1.54, 1.807) is 18.3 Å². The average molecular weight is 399 g/mol. The number of aromatic nitrogens is 1. The number of hydrogen-bond donors (Lipinski definition) is 0. The summed E-state index contributed by atoms with van der Waals surface area (Å²) in [6.45, 7) is 6.62. The summed E-state index contributed by atoms with van der Waals surface area (Å²) in [7, 11) is 0. The van der Waals surface area contributed by atoms with E-state index < -0.39 is 0 Å². The zero-order chi connectivity index (χ0) is 20.1. The molecular formula is C22H23FN2O2S. The second-order valence-electron chi connectivity index (χ2n) is 7.42. The van der Waals surface area contributed by atoms with Crippen LogP contribution in [0.2, 0.25) is 0 Å². The average Bonchev–Trinajstić information content (AvgIpc) is 3.14. The second kappa shape index (κ2) is 8.61. The first-order valence-corrected chi connectivity index (χ1v) is 10.0. The molecule has 0 aliphatic rings. The Morgan fingerprint density at radius 1 is 1.11 bits per heavy atom. The van der Waals surface area contributed by atoms with Crippen molar-refractivity contribution in [1.29, 1.82) is 0 Å². The lowest BCUT2D eigenvalue weighted by Gasteiger charge is -2.35. The molecule has 1 aromatic heterocycles. The molecule has 0 unspecified atom stereocenters. The Morgan fingerprint density at radius 2 is 1.79 bits per heavy atom. The number of oxazole rings is 1. The summed E-state index contributed by atoms with van der Waals surface area (Å²) >= 11 is 1.26. The van der Waals surface area contributed by atoms with Gasteiger partial charge in [0.2, 0.25) is 5.91 Å². The van der Waals surface area contributed by atoms with Gasteiger partial charge in [-0.3, -0.25) is 4.79 Å². The minimum atomic E-state index is -0.302. The zero-order valence-electron chi connectivity index (χ0n) is 16.2. The van der Waals surface area contributed by atoms with Crippen LogP contribution in [-0.2, 0) is 11.3 Å². The van der Waals surface area contributed by atoms with Crippen molar-refractivity contribution in [2.45, 2.75) is 38.1 Å². The van der Waals surface area contributed by atoms with E-state index in [-0.39, 0.29) is 23.0 Å². The first-order chi connectivity index (χ1) is 13.3. The van der Waals surface area contributed by atoms with Gasteiger partial charge in [-0.25, -0.2) is 9.37 Å². The Labute approximate surface area is 168 Å². The quantitative estimate of drug-likeness (QED) is 0.522. The van der Waals surface area contributed by atoms with Gasteiger partial charge in [0.05, 0.1) is 11.9 Å². The Bertz CT molecular complexity index is 918. The molecular weight excluding hydrogens is 375 g/mol. The van der Waals surface area contributed by atoms with Crippen LogP contribution in [0.1, 0.15) is 26.3 Å². The molecule has 0 N–H and O–H groups in total. The van der Waals surface area contributed by atoms with Crippen LogP contribution in [-0.4, -0.2) is 27.1 Å². The first kappa shape index (κ1) is 20.1. The predicted molar refractivity (Wildman–Crippen MR) is 109 cm³/mol. The molecule has 146 valence electrons. The predicted octanol–water partition coefficient (Wildman–Crippen LogP) is 5.40. The summed E-state index contributed by atoms with van der Waals surface area (Å²) in [6, 6.07) is 16.0. The molecule has 28 heavy (non-hydrogen) atoms. The van der Waals surface area contributed by atoms with Gasteiger partial charge in [-0.1, -0.05) is 42.1 Å². The Morgan fingerprint density at radius 3 is 2.43 bits per heavy atom. The molecule has 0 spiro atoms. The van der Waals surface area contributed by atoms with Crippen LogP contribution in [0.5, 0.6) is 0 Å². The number of rotatable bonds is 6. The van der Waals surface area contributed by atoms with Gasteiger partial charge in [0.15, 0.2) is 5.76 Å². The molecule has 0 bridgehead atoms. The van der Waals surface area contributed by atoms with Crippen LogP contribution >= 0.6 is 11.8 Å². The van der Waals surface area contributed by atoms with E-state index in [0.717, 1.165) is 11.1 Å². The topological polar surface area (TPSA) is 46.3 Å². The van der Waals surface area contributed by atoms with Crippen LogP contribution in [0.4, 0.5) is 4.39 Å². The molecule has 1 amide bonds. The van der Waals surface area contributed by atoms with Gasteiger partial charge >= 0.3 is 0 Å². The zero-order valence-corrected chi connectivity index (χ0v) is 17.0. The van der Waals surface area contributed by atoms with Gasteiger partial charge in [0.25, 0.3) is 5.22 Å². The number of benzene rings is 2. The third-order valence-electron chi connectivity index (χ3n) is 4.23. The molecule has 3 aromatic rings. The molecule has 0 aliphatic heterocycles. The Hall–Kier alpha value is -2.60. The van der Waals surface area contributed by atoms with Gasteiger partial charge in [0.1, 0.15) is 5.82 Å². The fraction of sp³-hybridized carbons (Fsp3) is 0.273. The molecule has 0 atom stereocenters. The van der Waals surface area contributed by atoms with Crippen molar-refractivity contribution in [1.82, 2.24) is 9.88 Å². The fourth-order valence-electron chi connectivity index (χ4n) is 2.74. The SMILES string of the molecule is CC(C)(C)N(Cc1ccccc1)C(=O)CSc1ncc(-c2ccc(F)cc2)o1. The van der Waals surface area contributed by atoms with Crippen molar-refractivity contribution >= 4 is 17.7 Å². The summed E-state index contributed by atoms with van der Waals surface area (Å²) in [6.07, 6.45) is 1.59. The fourth-order valence-corrected chi connectivity index (χ4v) is 3.42. The van der Waals surface area contributed by atoms with Crippen LogP contribution in [0.15, 0.2) is 70.4 Å². The van der Waals surface area contributed by atoms with E-state index in [4.69, 9.17) is 4.42 Å². The highest BCUT2D eigenvalue weighted by atomic mass is 32.2. The van der Waals surface area contributed by atoms with Gasteiger partial charge in [0, 0.05) is 17.6 Å². The van der Waals surface area contributed by atoms with E-state index in [0.29, 0.717) is 17.5 Å². The van der Waals surface area contributed by atoms with E-state index in [1.165, 1.54) is 23.9 Å². The van der Waals surface area contributed by atoms with Crippen molar-refractivity contribution in [2.24, 2.45) is 0 Å². The smallest absolute Gasteiger partial charge is 0.256 e. The van der Waals surface area contributed by atoms with Crippen molar-refractivity contribution < 1.29 is 13.6 Å². The molecule has 2 aromatic carbocycles. The highest BCUT2D eigenvalue weighted by molar-refractivity contribution is 7.99. The first-order valence-electron chi connectivity index (χ1n) is 9.02. The monoisotopic (exact) mass is 398 g/mol. The number of amides is 1. The van der Waals surface area contributed by atoms with Crippen molar-refractivity contribution in [3.63, 3.8) is 0 Å². The number of halogens is 1. The van der Waals surface area contributed by atoms with Crippen LogP contribution < -0.4 is 0 Å². The Kier molecular flexibility index (Phi) is 6.19. The summed E-state index contributed by atoms with van der Waals surface area (Å²) in [4.78, 5) is 19.0. The van der Waals surface area contributed by atoms with Gasteiger partial charge in [-0.05, 0) is 50.6 Å². The van der Waals surface area contributed by atoms with Crippen molar-refractivity contribution in [2.75, 3.05) is 5.75 Å². The normalized spacial score (nSPS) is 11.4. The maximum atomic E-state index is 13.1. The van der Waals surface area contributed by atoms with Crippen LogP contribution in [0.25, 0.3) is 11.3 Å². The van der Waals surface area contributed by atoms with Gasteiger partial charge < -0.3 is 9.32 Å². The maximum Gasteiger partial charge on any atom is 0.256 e. The molecule has 6 heteroatoms.